The van der Waals surface area contributed by atoms with Crippen LogP contribution in [0.4, 0.5) is 23.2 Å². The van der Waals surface area contributed by atoms with Crippen molar-refractivity contribution in [2.75, 3.05) is 25.1 Å². The minimum Gasteiger partial charge on any atom is -0.494 e. The molecule has 0 saturated carbocycles. The van der Waals surface area contributed by atoms with Crippen LogP contribution < -0.4 is 19.5 Å². The van der Waals surface area contributed by atoms with Crippen LogP contribution in [0.15, 0.2) is 36.4 Å². The zero-order valence-electron chi connectivity index (χ0n) is 15.5. The van der Waals surface area contributed by atoms with E-state index in [9.17, 15) is 22.4 Å². The molecule has 3 rings (SSSR count). The van der Waals surface area contributed by atoms with Crippen LogP contribution in [0, 0.1) is 11.7 Å². The summed E-state index contributed by atoms with van der Waals surface area (Å²) in [6.07, 6.45) is -4.23. The van der Waals surface area contributed by atoms with E-state index in [1.54, 1.807) is 18.2 Å². The van der Waals surface area contributed by atoms with Gasteiger partial charge < -0.3 is 19.5 Å². The highest BCUT2D eigenvalue weighted by atomic mass is 19.4. The summed E-state index contributed by atoms with van der Waals surface area (Å²) in [5.74, 6) is -0.934. The number of ether oxygens (including phenoxy) is 3. The van der Waals surface area contributed by atoms with Crippen molar-refractivity contribution in [3.05, 3.63) is 47.8 Å². The van der Waals surface area contributed by atoms with E-state index in [-0.39, 0.29) is 12.3 Å². The average molecular weight is 413 g/mol. The number of benzene rings is 2. The maximum atomic E-state index is 13.4. The average Bonchev–Trinajstić information content (AvgIpc) is 2.67. The molecule has 156 valence electrons. The molecule has 0 bridgehead atoms. The maximum Gasteiger partial charge on any atom is 0.422 e. The molecule has 5 nitrogen and oxygen atoms in total. The molecule has 1 atom stereocenters. The normalized spacial score (nSPS) is 15.8. The third kappa shape index (κ3) is 5.52. The Bertz CT molecular complexity index is 885. The van der Waals surface area contributed by atoms with Crippen molar-refractivity contribution in [1.29, 1.82) is 0 Å². The molecule has 1 unspecified atom stereocenters. The number of nitrogens with one attached hydrogen (secondary N) is 1. The van der Waals surface area contributed by atoms with Crippen molar-refractivity contribution in [1.82, 2.24) is 0 Å². The molecular weight excluding hydrogens is 394 g/mol. The number of anilines is 1. The summed E-state index contributed by atoms with van der Waals surface area (Å²) >= 11 is 0. The number of alkyl halides is 3. The number of carbonyl (C=O) groups excluding carboxylic acids is 1. The van der Waals surface area contributed by atoms with Crippen LogP contribution in [-0.2, 0) is 11.2 Å². The van der Waals surface area contributed by atoms with Gasteiger partial charge in [-0.15, -0.1) is 0 Å². The summed E-state index contributed by atoms with van der Waals surface area (Å²) in [6, 6.07) is 8.29. The quantitative estimate of drug-likeness (QED) is 0.716. The molecule has 0 spiro atoms. The molecular formula is C20H19F4NO4. The van der Waals surface area contributed by atoms with Gasteiger partial charge in [-0.2, -0.15) is 13.2 Å². The number of hydrogen-bond acceptors (Lipinski definition) is 4. The summed E-state index contributed by atoms with van der Waals surface area (Å²) in [5.41, 5.74) is 0.740. The van der Waals surface area contributed by atoms with Gasteiger partial charge in [0.05, 0.1) is 18.2 Å². The second kappa shape index (κ2) is 8.59. The number of rotatable bonds is 6. The van der Waals surface area contributed by atoms with Gasteiger partial charge in [0.25, 0.3) is 0 Å². The Labute approximate surface area is 164 Å². The summed E-state index contributed by atoms with van der Waals surface area (Å²) in [4.78, 5) is 12.6. The van der Waals surface area contributed by atoms with Crippen molar-refractivity contribution in [2.24, 2.45) is 5.92 Å². The van der Waals surface area contributed by atoms with Crippen LogP contribution in [0.2, 0.25) is 0 Å². The molecule has 2 aromatic rings. The lowest BCUT2D eigenvalue weighted by Gasteiger charge is -2.25. The molecule has 0 saturated heterocycles. The summed E-state index contributed by atoms with van der Waals surface area (Å²) in [5, 5.41) is 2.51. The lowest BCUT2D eigenvalue weighted by Crippen LogP contribution is -2.32. The highest BCUT2D eigenvalue weighted by Gasteiger charge is 2.30. The first-order valence-corrected chi connectivity index (χ1v) is 8.93. The molecule has 2 aromatic carbocycles. The van der Waals surface area contributed by atoms with Crippen LogP contribution in [0.1, 0.15) is 12.5 Å². The van der Waals surface area contributed by atoms with Gasteiger partial charge in [0, 0.05) is 6.07 Å². The number of carbonyl (C=O) groups is 1. The van der Waals surface area contributed by atoms with Gasteiger partial charge in [-0.3, -0.25) is 4.79 Å². The van der Waals surface area contributed by atoms with E-state index in [0.29, 0.717) is 24.5 Å². The molecule has 1 aliphatic heterocycles. The molecule has 0 aromatic heterocycles. The Kier molecular flexibility index (Phi) is 6.14. The van der Waals surface area contributed by atoms with E-state index in [0.717, 1.165) is 23.8 Å². The van der Waals surface area contributed by atoms with Crippen molar-refractivity contribution < 1.29 is 36.6 Å². The van der Waals surface area contributed by atoms with E-state index in [1.165, 1.54) is 0 Å². The maximum absolute atomic E-state index is 13.4. The summed E-state index contributed by atoms with van der Waals surface area (Å²) in [7, 11) is 0. The number of fused-ring (bicyclic) bond motifs is 1. The Morgan fingerprint density at radius 3 is 2.72 bits per heavy atom. The van der Waals surface area contributed by atoms with Gasteiger partial charge >= 0.3 is 6.18 Å². The minimum atomic E-state index is -4.59. The molecule has 1 heterocycles. The molecule has 0 radical (unpaired) electrons. The zero-order chi connectivity index (χ0) is 21.0. The lowest BCUT2D eigenvalue weighted by molar-refractivity contribution is -0.153. The van der Waals surface area contributed by atoms with Gasteiger partial charge in [-0.1, -0.05) is 0 Å². The van der Waals surface area contributed by atoms with Gasteiger partial charge in [-0.05, 0) is 49.2 Å². The summed E-state index contributed by atoms with van der Waals surface area (Å²) in [6.45, 7) is 0.856. The van der Waals surface area contributed by atoms with Crippen molar-refractivity contribution in [2.45, 2.75) is 19.5 Å². The molecule has 1 N–H and O–H groups in total. The Hall–Kier alpha value is -2.97. The van der Waals surface area contributed by atoms with Crippen LogP contribution >= 0.6 is 0 Å². The fraction of sp³-hybridized carbons (Fsp3) is 0.350. The fourth-order valence-corrected chi connectivity index (χ4v) is 2.91. The molecule has 0 fully saturated rings. The standard InChI is InChI=1S/C20H19F4NO4/c1-2-27-15-4-6-17-12(8-15)7-13(10-28-17)19(26)25-16-5-3-14(21)9-18(16)29-11-20(22,23)24/h3-6,8-9,13H,2,7,10-11H2,1H3,(H,25,26). The number of hydrogen-bond donors (Lipinski definition) is 1. The second-order valence-corrected chi connectivity index (χ2v) is 6.45. The van der Waals surface area contributed by atoms with Gasteiger partial charge in [0.15, 0.2) is 6.61 Å². The second-order valence-electron chi connectivity index (χ2n) is 6.45. The van der Waals surface area contributed by atoms with Gasteiger partial charge in [0.2, 0.25) is 5.91 Å². The van der Waals surface area contributed by atoms with E-state index in [4.69, 9.17) is 9.47 Å². The Morgan fingerprint density at radius 2 is 2.00 bits per heavy atom. The predicted octanol–water partition coefficient (Wildman–Crippen LogP) is 4.36. The first-order valence-electron chi connectivity index (χ1n) is 8.93. The van der Waals surface area contributed by atoms with Crippen LogP contribution in [-0.4, -0.2) is 31.9 Å². The van der Waals surface area contributed by atoms with Crippen molar-refractivity contribution in [3.63, 3.8) is 0 Å². The summed E-state index contributed by atoms with van der Waals surface area (Å²) < 4.78 is 66.4. The largest absolute Gasteiger partial charge is 0.494 e. The van der Waals surface area contributed by atoms with E-state index in [1.807, 2.05) is 6.92 Å². The van der Waals surface area contributed by atoms with Crippen LogP contribution in [0.25, 0.3) is 0 Å². The number of halogens is 4. The zero-order valence-corrected chi connectivity index (χ0v) is 15.5. The van der Waals surface area contributed by atoms with Gasteiger partial charge in [-0.25, -0.2) is 4.39 Å². The van der Waals surface area contributed by atoms with Crippen LogP contribution in [0.5, 0.6) is 17.2 Å². The van der Waals surface area contributed by atoms with Gasteiger partial charge in [0.1, 0.15) is 29.7 Å². The van der Waals surface area contributed by atoms with Crippen molar-refractivity contribution >= 4 is 11.6 Å². The highest BCUT2D eigenvalue weighted by molar-refractivity contribution is 5.94. The lowest BCUT2D eigenvalue weighted by atomic mass is 9.95. The molecule has 0 aliphatic carbocycles. The molecule has 1 amide bonds. The first-order chi connectivity index (χ1) is 13.7. The third-order valence-electron chi connectivity index (χ3n) is 4.21. The van der Waals surface area contributed by atoms with E-state index >= 15 is 0 Å². The Balaban J connectivity index is 1.71. The molecule has 1 aliphatic rings. The minimum absolute atomic E-state index is 0.0467. The molecule has 9 heteroatoms. The number of amides is 1. The molecule has 29 heavy (non-hydrogen) atoms. The third-order valence-corrected chi connectivity index (χ3v) is 4.21. The Morgan fingerprint density at radius 1 is 1.21 bits per heavy atom. The van der Waals surface area contributed by atoms with Crippen molar-refractivity contribution in [3.8, 4) is 17.2 Å². The monoisotopic (exact) mass is 413 g/mol. The van der Waals surface area contributed by atoms with Crippen LogP contribution in [0.3, 0.4) is 0 Å². The fourth-order valence-electron chi connectivity index (χ4n) is 2.91. The first kappa shape index (κ1) is 20.8. The highest BCUT2D eigenvalue weighted by Crippen LogP contribution is 2.32. The smallest absolute Gasteiger partial charge is 0.422 e. The van der Waals surface area contributed by atoms with E-state index in [2.05, 4.69) is 10.1 Å². The SMILES string of the molecule is CCOc1ccc2c(c1)CC(C(=O)Nc1ccc(F)cc1OCC(F)(F)F)CO2. The van der Waals surface area contributed by atoms with E-state index < -0.39 is 36.2 Å². The topological polar surface area (TPSA) is 56.8 Å². The predicted molar refractivity (Wildman–Crippen MR) is 96.9 cm³/mol.